The normalized spacial score (nSPS) is 10.4. The number of fused-ring (bicyclic) bond motifs is 1. The molecular formula is C12H14N6O2. The number of nitriles is 1. The van der Waals surface area contributed by atoms with Gasteiger partial charge in [-0.1, -0.05) is 0 Å². The first-order chi connectivity index (χ1) is 9.52. The highest BCUT2D eigenvalue weighted by molar-refractivity contribution is 5.70. The molecule has 104 valence electrons. The summed E-state index contributed by atoms with van der Waals surface area (Å²) < 4.78 is 6.26. The van der Waals surface area contributed by atoms with Gasteiger partial charge in [0.1, 0.15) is 6.07 Å². The van der Waals surface area contributed by atoms with Gasteiger partial charge in [0, 0.05) is 17.8 Å². The number of hydrogen-bond acceptors (Lipinski definition) is 7. The molecule has 2 rings (SSSR count). The second-order valence-electron chi connectivity index (χ2n) is 4.26. The lowest BCUT2D eigenvalue weighted by atomic mass is 10.1. The highest BCUT2D eigenvalue weighted by atomic mass is 16.5. The van der Waals surface area contributed by atoms with Gasteiger partial charge in [0.05, 0.1) is 0 Å². The molecule has 2 N–H and O–H groups in total. The molecule has 0 aromatic carbocycles. The Morgan fingerprint density at radius 3 is 2.90 bits per heavy atom. The molecule has 0 aliphatic carbocycles. The number of carbonyl (C=O) groups excluding carboxylic acids is 1. The minimum atomic E-state index is -0.413. The molecule has 2 aromatic rings. The van der Waals surface area contributed by atoms with Crippen molar-refractivity contribution in [3.63, 3.8) is 0 Å². The van der Waals surface area contributed by atoms with Crippen LogP contribution >= 0.6 is 0 Å². The Balaban J connectivity index is 2.22. The Bertz CT molecular complexity index is 700. The Morgan fingerprint density at radius 2 is 2.20 bits per heavy atom. The average Bonchev–Trinajstić information content (AvgIpc) is 2.76. The van der Waals surface area contributed by atoms with Crippen LogP contribution in [-0.2, 0) is 16.0 Å². The molecule has 0 radical (unpaired) electrons. The van der Waals surface area contributed by atoms with Crippen molar-refractivity contribution in [3.05, 3.63) is 17.0 Å². The SMILES string of the molecule is Cc1nc2nc(N)nn2c(C)c1CCC(=O)OCC#N. The van der Waals surface area contributed by atoms with E-state index in [0.717, 1.165) is 17.0 Å². The molecule has 0 amide bonds. The molecular weight excluding hydrogens is 260 g/mol. The van der Waals surface area contributed by atoms with Gasteiger partial charge < -0.3 is 10.5 Å². The molecule has 0 saturated heterocycles. The Labute approximate surface area is 115 Å². The second kappa shape index (κ2) is 5.52. The predicted octanol–water partition coefficient (Wildman–Crippen LogP) is 0.323. The maximum Gasteiger partial charge on any atom is 0.307 e. The van der Waals surface area contributed by atoms with E-state index in [1.807, 2.05) is 13.8 Å². The van der Waals surface area contributed by atoms with Crippen LogP contribution in [0.4, 0.5) is 5.95 Å². The van der Waals surface area contributed by atoms with E-state index in [9.17, 15) is 4.79 Å². The maximum atomic E-state index is 11.4. The van der Waals surface area contributed by atoms with Crippen LogP contribution in [-0.4, -0.2) is 32.2 Å². The van der Waals surface area contributed by atoms with Gasteiger partial charge >= 0.3 is 5.97 Å². The number of esters is 1. The number of aryl methyl sites for hydroxylation is 2. The van der Waals surface area contributed by atoms with Crippen molar-refractivity contribution in [2.24, 2.45) is 0 Å². The Hall–Kier alpha value is -2.69. The number of carbonyl (C=O) groups is 1. The third-order valence-electron chi connectivity index (χ3n) is 2.94. The molecule has 0 unspecified atom stereocenters. The fourth-order valence-corrected chi connectivity index (χ4v) is 2.00. The van der Waals surface area contributed by atoms with Gasteiger partial charge in [0.15, 0.2) is 6.61 Å². The van der Waals surface area contributed by atoms with Gasteiger partial charge in [0.2, 0.25) is 5.95 Å². The number of nitrogen functional groups attached to an aromatic ring is 1. The van der Waals surface area contributed by atoms with E-state index in [2.05, 4.69) is 15.1 Å². The number of nitrogens with two attached hydrogens (primary N) is 1. The van der Waals surface area contributed by atoms with E-state index in [0.29, 0.717) is 12.2 Å². The molecule has 0 spiro atoms. The van der Waals surface area contributed by atoms with Crippen molar-refractivity contribution >= 4 is 17.7 Å². The first kappa shape index (κ1) is 13.7. The number of ether oxygens (including phenoxy) is 1. The highest BCUT2D eigenvalue weighted by Gasteiger charge is 2.14. The van der Waals surface area contributed by atoms with Gasteiger partial charge in [-0.3, -0.25) is 4.79 Å². The molecule has 20 heavy (non-hydrogen) atoms. The minimum absolute atomic E-state index is 0.158. The zero-order valence-electron chi connectivity index (χ0n) is 11.3. The molecule has 8 nitrogen and oxygen atoms in total. The average molecular weight is 274 g/mol. The van der Waals surface area contributed by atoms with E-state index in [-0.39, 0.29) is 19.0 Å². The predicted molar refractivity (Wildman–Crippen MR) is 69.6 cm³/mol. The molecule has 0 saturated carbocycles. The highest BCUT2D eigenvalue weighted by Crippen LogP contribution is 2.16. The van der Waals surface area contributed by atoms with E-state index < -0.39 is 5.97 Å². The topological polar surface area (TPSA) is 119 Å². The summed E-state index contributed by atoms with van der Waals surface area (Å²) in [6.45, 7) is 3.48. The number of anilines is 1. The van der Waals surface area contributed by atoms with Crippen LogP contribution < -0.4 is 5.73 Å². The van der Waals surface area contributed by atoms with Crippen LogP contribution in [0, 0.1) is 25.2 Å². The Kier molecular flexibility index (Phi) is 3.79. The van der Waals surface area contributed by atoms with E-state index in [1.54, 1.807) is 10.6 Å². The van der Waals surface area contributed by atoms with Gasteiger partial charge in [0.25, 0.3) is 5.78 Å². The van der Waals surface area contributed by atoms with Gasteiger partial charge in [-0.15, -0.1) is 5.10 Å². The lowest BCUT2D eigenvalue weighted by Gasteiger charge is -2.09. The second-order valence-corrected chi connectivity index (χ2v) is 4.26. The lowest BCUT2D eigenvalue weighted by Crippen LogP contribution is -2.10. The molecule has 8 heteroatoms. The maximum absolute atomic E-state index is 11.4. The van der Waals surface area contributed by atoms with Crippen LogP contribution in [0.25, 0.3) is 5.78 Å². The lowest BCUT2D eigenvalue weighted by molar-refractivity contribution is -0.142. The monoisotopic (exact) mass is 274 g/mol. The van der Waals surface area contributed by atoms with Crippen molar-refractivity contribution < 1.29 is 9.53 Å². The molecule has 0 aliphatic heterocycles. The molecule has 2 aromatic heterocycles. The zero-order chi connectivity index (χ0) is 14.7. The van der Waals surface area contributed by atoms with Crippen molar-refractivity contribution in [1.82, 2.24) is 19.6 Å². The smallest absolute Gasteiger partial charge is 0.307 e. The van der Waals surface area contributed by atoms with Gasteiger partial charge in [-0.25, -0.2) is 4.98 Å². The fourth-order valence-electron chi connectivity index (χ4n) is 2.00. The van der Waals surface area contributed by atoms with E-state index in [1.165, 1.54) is 0 Å². The summed E-state index contributed by atoms with van der Waals surface area (Å²) in [7, 11) is 0. The third kappa shape index (κ3) is 2.66. The van der Waals surface area contributed by atoms with Crippen LogP contribution in [0.5, 0.6) is 0 Å². The standard InChI is InChI=1S/C12H14N6O2/c1-7-9(3-4-10(19)20-6-5-13)8(2)18-12(15-7)16-11(14)17-18/h3-4,6H2,1-2H3,(H2,14,17). The quantitative estimate of drug-likeness (QED) is 0.797. The summed E-state index contributed by atoms with van der Waals surface area (Å²) in [5, 5.41) is 12.4. The van der Waals surface area contributed by atoms with Crippen LogP contribution in [0.2, 0.25) is 0 Å². The van der Waals surface area contributed by atoms with Crippen LogP contribution in [0.15, 0.2) is 0 Å². The summed E-state index contributed by atoms with van der Waals surface area (Å²) in [5.74, 6) is 0.183. The number of hydrogen-bond donors (Lipinski definition) is 1. The first-order valence-corrected chi connectivity index (χ1v) is 6.04. The third-order valence-corrected chi connectivity index (χ3v) is 2.94. The molecule has 2 heterocycles. The summed E-state index contributed by atoms with van der Waals surface area (Å²) >= 11 is 0. The fraction of sp³-hybridized carbons (Fsp3) is 0.417. The van der Waals surface area contributed by atoms with E-state index >= 15 is 0 Å². The first-order valence-electron chi connectivity index (χ1n) is 6.04. The van der Waals surface area contributed by atoms with Crippen molar-refractivity contribution in [2.45, 2.75) is 26.7 Å². The zero-order valence-corrected chi connectivity index (χ0v) is 11.3. The summed E-state index contributed by atoms with van der Waals surface area (Å²) in [5.41, 5.74) is 8.06. The molecule has 0 aliphatic rings. The van der Waals surface area contributed by atoms with Crippen LogP contribution in [0.1, 0.15) is 23.4 Å². The summed E-state index contributed by atoms with van der Waals surface area (Å²) in [6, 6.07) is 1.75. The summed E-state index contributed by atoms with van der Waals surface area (Å²) in [4.78, 5) is 19.7. The molecule has 0 atom stereocenters. The van der Waals surface area contributed by atoms with Crippen molar-refractivity contribution in [1.29, 1.82) is 5.26 Å². The number of rotatable bonds is 4. The minimum Gasteiger partial charge on any atom is -0.450 e. The van der Waals surface area contributed by atoms with Crippen molar-refractivity contribution in [2.75, 3.05) is 12.3 Å². The van der Waals surface area contributed by atoms with Crippen LogP contribution in [0.3, 0.4) is 0 Å². The number of aromatic nitrogens is 4. The number of nitrogens with zero attached hydrogens (tertiary/aromatic N) is 5. The van der Waals surface area contributed by atoms with E-state index in [4.69, 9.17) is 15.7 Å². The summed E-state index contributed by atoms with van der Waals surface area (Å²) in [6.07, 6.45) is 0.644. The largest absolute Gasteiger partial charge is 0.450 e. The Morgan fingerprint density at radius 1 is 1.45 bits per heavy atom. The molecule has 0 fully saturated rings. The van der Waals surface area contributed by atoms with Crippen molar-refractivity contribution in [3.8, 4) is 6.07 Å². The van der Waals surface area contributed by atoms with Gasteiger partial charge in [-0.2, -0.15) is 14.8 Å². The molecule has 0 bridgehead atoms. The van der Waals surface area contributed by atoms with Gasteiger partial charge in [-0.05, 0) is 25.8 Å².